The molecule has 1 unspecified atom stereocenters. The van der Waals surface area contributed by atoms with Gasteiger partial charge in [-0.15, -0.1) is 22.9 Å². The van der Waals surface area contributed by atoms with Crippen LogP contribution in [0.3, 0.4) is 0 Å². The second-order valence-corrected chi connectivity index (χ2v) is 6.15. The Balaban J connectivity index is 2.36. The van der Waals surface area contributed by atoms with Crippen molar-refractivity contribution in [2.45, 2.75) is 18.7 Å². The summed E-state index contributed by atoms with van der Waals surface area (Å²) in [6, 6.07) is 9.22. The molecule has 0 aliphatic heterocycles. The number of alkyl halides is 1. The number of thiophene rings is 1. The lowest BCUT2D eigenvalue weighted by atomic mass is 10.1. The van der Waals surface area contributed by atoms with Gasteiger partial charge in [-0.25, -0.2) is 4.39 Å². The number of aryl methyl sites for hydroxylation is 1. The van der Waals surface area contributed by atoms with E-state index in [1.807, 2.05) is 12.1 Å². The fourth-order valence-corrected chi connectivity index (χ4v) is 3.30. The molecule has 90 valence electrons. The maximum absolute atomic E-state index is 13.9. The van der Waals surface area contributed by atoms with E-state index in [0.29, 0.717) is 10.0 Å². The molecule has 1 aromatic carbocycles. The average molecular weight is 334 g/mol. The zero-order valence-corrected chi connectivity index (χ0v) is 12.4. The molecule has 0 spiro atoms. The maximum atomic E-state index is 13.9. The van der Waals surface area contributed by atoms with Crippen LogP contribution in [0.5, 0.6) is 0 Å². The molecule has 0 bridgehead atoms. The summed E-state index contributed by atoms with van der Waals surface area (Å²) in [5.41, 5.74) is 0.519. The van der Waals surface area contributed by atoms with Crippen molar-refractivity contribution in [3.8, 4) is 0 Å². The topological polar surface area (TPSA) is 0 Å². The summed E-state index contributed by atoms with van der Waals surface area (Å²) < 4.78 is 14.4. The van der Waals surface area contributed by atoms with E-state index >= 15 is 0 Å². The summed E-state index contributed by atoms with van der Waals surface area (Å²) >= 11 is 11.1. The van der Waals surface area contributed by atoms with E-state index in [0.717, 1.165) is 11.3 Å². The molecule has 2 rings (SSSR count). The van der Waals surface area contributed by atoms with E-state index in [1.165, 1.54) is 4.88 Å². The van der Waals surface area contributed by atoms with Crippen LogP contribution in [0.2, 0.25) is 0 Å². The first-order valence-electron chi connectivity index (χ1n) is 5.30. The van der Waals surface area contributed by atoms with Gasteiger partial charge >= 0.3 is 0 Å². The number of halogens is 3. The molecule has 0 saturated carbocycles. The maximum Gasteiger partial charge on any atom is 0.142 e. The van der Waals surface area contributed by atoms with E-state index in [1.54, 1.807) is 29.5 Å². The van der Waals surface area contributed by atoms with E-state index in [2.05, 4.69) is 22.9 Å². The Kier molecular flexibility index (Phi) is 4.23. The van der Waals surface area contributed by atoms with Gasteiger partial charge in [-0.1, -0.05) is 19.1 Å². The van der Waals surface area contributed by atoms with Gasteiger partial charge in [0.1, 0.15) is 5.82 Å². The van der Waals surface area contributed by atoms with Crippen molar-refractivity contribution in [3.63, 3.8) is 0 Å². The zero-order valence-electron chi connectivity index (χ0n) is 9.21. The summed E-state index contributed by atoms with van der Waals surface area (Å²) in [7, 11) is 0. The first-order chi connectivity index (χ1) is 8.13. The highest BCUT2D eigenvalue weighted by molar-refractivity contribution is 9.10. The molecule has 0 saturated heterocycles. The fraction of sp³-hybridized carbons (Fsp3) is 0.231. The van der Waals surface area contributed by atoms with Crippen molar-refractivity contribution >= 4 is 38.9 Å². The van der Waals surface area contributed by atoms with Gasteiger partial charge in [-0.05, 0) is 40.5 Å². The number of benzene rings is 1. The van der Waals surface area contributed by atoms with Crippen LogP contribution < -0.4 is 0 Å². The normalized spacial score (nSPS) is 12.7. The lowest BCUT2D eigenvalue weighted by Crippen LogP contribution is -1.95. The summed E-state index contributed by atoms with van der Waals surface area (Å²) in [6.07, 6.45) is 0.981. The quantitative estimate of drug-likeness (QED) is 0.647. The zero-order chi connectivity index (χ0) is 12.4. The minimum absolute atomic E-state index is 0.279. The predicted octanol–water partition coefficient (Wildman–Crippen LogP) is 5.54. The van der Waals surface area contributed by atoms with Crippen LogP contribution >= 0.6 is 38.9 Å². The van der Waals surface area contributed by atoms with Gasteiger partial charge in [0.25, 0.3) is 0 Å². The smallest absolute Gasteiger partial charge is 0.142 e. The van der Waals surface area contributed by atoms with Gasteiger partial charge in [-0.3, -0.25) is 0 Å². The Hall–Kier alpha value is -0.380. The Bertz CT molecular complexity index is 524. The molecule has 1 heterocycles. The Morgan fingerprint density at radius 1 is 1.35 bits per heavy atom. The van der Waals surface area contributed by atoms with Crippen molar-refractivity contribution in [1.29, 1.82) is 0 Å². The first kappa shape index (κ1) is 13.1. The lowest BCUT2D eigenvalue weighted by Gasteiger charge is -2.09. The molecule has 0 aliphatic rings. The molecule has 0 aliphatic carbocycles. The van der Waals surface area contributed by atoms with Crippen molar-refractivity contribution < 1.29 is 4.39 Å². The van der Waals surface area contributed by atoms with Crippen LogP contribution in [0.25, 0.3) is 0 Å². The van der Waals surface area contributed by atoms with Crippen LogP contribution in [0, 0.1) is 5.82 Å². The number of hydrogen-bond acceptors (Lipinski definition) is 1. The molecular weight excluding hydrogens is 323 g/mol. The average Bonchev–Trinajstić information content (AvgIpc) is 2.80. The van der Waals surface area contributed by atoms with Crippen LogP contribution in [-0.4, -0.2) is 0 Å². The third-order valence-corrected chi connectivity index (χ3v) is 5.04. The van der Waals surface area contributed by atoms with Crippen molar-refractivity contribution in [1.82, 2.24) is 0 Å². The minimum atomic E-state index is -0.419. The molecule has 0 amide bonds. The highest BCUT2D eigenvalue weighted by atomic mass is 79.9. The van der Waals surface area contributed by atoms with Gasteiger partial charge < -0.3 is 0 Å². The molecular formula is C13H11BrClFS. The monoisotopic (exact) mass is 332 g/mol. The number of rotatable bonds is 3. The standard InChI is InChI=1S/C13H11BrClFS/c1-2-8-6-7-11(17-8)12(15)9-4-3-5-10(14)13(9)16/h3-7,12H,2H2,1H3. The van der Waals surface area contributed by atoms with Gasteiger partial charge in [0.15, 0.2) is 0 Å². The van der Waals surface area contributed by atoms with Crippen LogP contribution in [0.1, 0.15) is 27.6 Å². The Morgan fingerprint density at radius 2 is 2.12 bits per heavy atom. The predicted molar refractivity (Wildman–Crippen MR) is 75.5 cm³/mol. The largest absolute Gasteiger partial charge is 0.205 e. The van der Waals surface area contributed by atoms with Gasteiger partial charge in [0.2, 0.25) is 0 Å². The molecule has 0 radical (unpaired) electrons. The fourth-order valence-electron chi connectivity index (χ4n) is 1.59. The van der Waals surface area contributed by atoms with E-state index < -0.39 is 5.38 Å². The summed E-state index contributed by atoms with van der Waals surface area (Å²) in [6.45, 7) is 2.10. The highest BCUT2D eigenvalue weighted by Gasteiger charge is 2.18. The third-order valence-electron chi connectivity index (χ3n) is 2.54. The first-order valence-corrected chi connectivity index (χ1v) is 7.34. The lowest BCUT2D eigenvalue weighted by molar-refractivity contribution is 0.606. The summed E-state index contributed by atoms with van der Waals surface area (Å²) in [4.78, 5) is 2.25. The molecule has 4 heteroatoms. The van der Waals surface area contributed by atoms with Crippen LogP contribution in [-0.2, 0) is 6.42 Å². The van der Waals surface area contributed by atoms with Crippen molar-refractivity contribution in [2.75, 3.05) is 0 Å². The molecule has 0 nitrogen and oxygen atoms in total. The van der Waals surface area contributed by atoms with E-state index in [4.69, 9.17) is 11.6 Å². The summed E-state index contributed by atoms with van der Waals surface area (Å²) in [5.74, 6) is -0.279. The molecule has 17 heavy (non-hydrogen) atoms. The van der Waals surface area contributed by atoms with E-state index in [-0.39, 0.29) is 5.82 Å². The summed E-state index contributed by atoms with van der Waals surface area (Å²) in [5, 5.41) is -0.419. The molecule has 1 aromatic heterocycles. The Labute approximate surface area is 118 Å². The van der Waals surface area contributed by atoms with Crippen LogP contribution in [0.15, 0.2) is 34.8 Å². The second-order valence-electron chi connectivity index (χ2n) is 3.66. The van der Waals surface area contributed by atoms with Gasteiger partial charge in [0, 0.05) is 15.3 Å². The van der Waals surface area contributed by atoms with E-state index in [9.17, 15) is 4.39 Å². The Morgan fingerprint density at radius 3 is 2.76 bits per heavy atom. The van der Waals surface area contributed by atoms with Gasteiger partial charge in [-0.2, -0.15) is 0 Å². The van der Waals surface area contributed by atoms with Crippen molar-refractivity contribution in [2.24, 2.45) is 0 Å². The minimum Gasteiger partial charge on any atom is -0.205 e. The molecule has 1 atom stereocenters. The van der Waals surface area contributed by atoms with Gasteiger partial charge in [0.05, 0.1) is 9.85 Å². The molecule has 0 N–H and O–H groups in total. The van der Waals surface area contributed by atoms with Crippen LogP contribution in [0.4, 0.5) is 4.39 Å². The third kappa shape index (κ3) is 2.72. The highest BCUT2D eigenvalue weighted by Crippen LogP contribution is 2.36. The molecule has 2 aromatic rings. The number of hydrogen-bond donors (Lipinski definition) is 0. The SMILES string of the molecule is CCc1ccc(C(Cl)c2cccc(Br)c2F)s1. The van der Waals surface area contributed by atoms with Crippen molar-refractivity contribution in [3.05, 3.63) is 55.9 Å². The second kappa shape index (κ2) is 5.51. The molecule has 0 fully saturated rings.